The number of hydrogen-bond donors (Lipinski definition) is 3. The van der Waals surface area contributed by atoms with E-state index < -0.39 is 0 Å². The SMILES string of the molecule is Nc1c(Nc2ccc(I)cc2)ncnc1Nc1cccc(Br)c1. The van der Waals surface area contributed by atoms with E-state index in [0.717, 1.165) is 15.8 Å². The van der Waals surface area contributed by atoms with Crippen LogP contribution in [0.1, 0.15) is 0 Å². The van der Waals surface area contributed by atoms with Crippen molar-refractivity contribution < 1.29 is 0 Å². The van der Waals surface area contributed by atoms with Gasteiger partial charge in [-0.3, -0.25) is 0 Å². The van der Waals surface area contributed by atoms with E-state index in [0.29, 0.717) is 17.3 Å². The molecule has 0 saturated carbocycles. The number of rotatable bonds is 4. The Balaban J connectivity index is 1.84. The van der Waals surface area contributed by atoms with E-state index in [1.54, 1.807) is 0 Å². The largest absolute Gasteiger partial charge is 0.393 e. The van der Waals surface area contributed by atoms with Gasteiger partial charge in [-0.15, -0.1) is 0 Å². The predicted octanol–water partition coefficient (Wildman–Crippen LogP) is 4.91. The van der Waals surface area contributed by atoms with Crippen molar-refractivity contribution in [3.63, 3.8) is 0 Å². The molecule has 5 nitrogen and oxygen atoms in total. The number of aromatic nitrogens is 2. The van der Waals surface area contributed by atoms with Crippen LogP contribution in [0.4, 0.5) is 28.7 Å². The fraction of sp³-hybridized carbons (Fsp3) is 0. The lowest BCUT2D eigenvalue weighted by molar-refractivity contribution is 1.17. The van der Waals surface area contributed by atoms with Crippen LogP contribution in [0.2, 0.25) is 0 Å². The van der Waals surface area contributed by atoms with Gasteiger partial charge in [-0.05, 0) is 65.1 Å². The minimum Gasteiger partial charge on any atom is -0.393 e. The Kier molecular flexibility index (Phi) is 4.97. The Morgan fingerprint density at radius 3 is 2.22 bits per heavy atom. The summed E-state index contributed by atoms with van der Waals surface area (Å²) in [5, 5.41) is 6.41. The lowest BCUT2D eigenvalue weighted by Crippen LogP contribution is -2.05. The summed E-state index contributed by atoms with van der Waals surface area (Å²) in [5.74, 6) is 1.13. The molecule has 0 aliphatic rings. The third-order valence-electron chi connectivity index (χ3n) is 3.08. The molecular formula is C16H13BrIN5. The van der Waals surface area contributed by atoms with Crippen molar-refractivity contribution in [2.45, 2.75) is 0 Å². The molecule has 7 heteroatoms. The molecule has 0 unspecified atom stereocenters. The quantitative estimate of drug-likeness (QED) is 0.461. The van der Waals surface area contributed by atoms with Crippen molar-refractivity contribution in [1.82, 2.24) is 9.97 Å². The first-order valence-electron chi connectivity index (χ1n) is 6.77. The highest BCUT2D eigenvalue weighted by Crippen LogP contribution is 2.29. The van der Waals surface area contributed by atoms with Gasteiger partial charge in [0, 0.05) is 19.4 Å². The van der Waals surface area contributed by atoms with Gasteiger partial charge in [0.1, 0.15) is 12.0 Å². The maximum atomic E-state index is 6.18. The summed E-state index contributed by atoms with van der Waals surface area (Å²) >= 11 is 5.70. The molecular weight excluding hydrogens is 469 g/mol. The average molecular weight is 482 g/mol. The highest BCUT2D eigenvalue weighted by molar-refractivity contribution is 14.1. The maximum absolute atomic E-state index is 6.18. The van der Waals surface area contributed by atoms with Crippen molar-refractivity contribution >= 4 is 67.2 Å². The van der Waals surface area contributed by atoms with E-state index in [1.807, 2.05) is 48.5 Å². The average Bonchev–Trinajstić information content (AvgIpc) is 2.53. The van der Waals surface area contributed by atoms with E-state index in [-0.39, 0.29) is 0 Å². The number of nitrogen functional groups attached to an aromatic ring is 1. The van der Waals surface area contributed by atoms with Gasteiger partial charge in [-0.2, -0.15) is 0 Å². The highest BCUT2D eigenvalue weighted by Gasteiger charge is 2.09. The second kappa shape index (κ2) is 7.14. The zero-order valence-electron chi connectivity index (χ0n) is 11.9. The van der Waals surface area contributed by atoms with Crippen LogP contribution in [0.15, 0.2) is 59.3 Å². The predicted molar refractivity (Wildman–Crippen MR) is 106 cm³/mol. The lowest BCUT2D eigenvalue weighted by Gasteiger charge is -2.12. The van der Waals surface area contributed by atoms with E-state index in [1.165, 1.54) is 9.90 Å². The molecule has 116 valence electrons. The minimum atomic E-state index is 0.464. The van der Waals surface area contributed by atoms with Crippen molar-refractivity contribution in [1.29, 1.82) is 0 Å². The van der Waals surface area contributed by atoms with Gasteiger partial charge in [0.15, 0.2) is 11.6 Å². The number of halogens is 2. The first-order valence-corrected chi connectivity index (χ1v) is 8.64. The van der Waals surface area contributed by atoms with Gasteiger partial charge in [0.2, 0.25) is 0 Å². The van der Waals surface area contributed by atoms with Crippen LogP contribution >= 0.6 is 38.5 Å². The lowest BCUT2D eigenvalue weighted by atomic mass is 10.3. The fourth-order valence-electron chi connectivity index (χ4n) is 1.97. The fourth-order valence-corrected chi connectivity index (χ4v) is 2.73. The molecule has 1 heterocycles. The first-order chi connectivity index (χ1) is 11.1. The zero-order valence-corrected chi connectivity index (χ0v) is 15.7. The van der Waals surface area contributed by atoms with Gasteiger partial charge >= 0.3 is 0 Å². The third kappa shape index (κ3) is 4.11. The molecule has 0 aliphatic carbocycles. The number of nitrogens with zero attached hydrogens (tertiary/aromatic N) is 2. The van der Waals surface area contributed by atoms with Crippen LogP contribution in [0.3, 0.4) is 0 Å². The summed E-state index contributed by atoms with van der Waals surface area (Å²) in [7, 11) is 0. The van der Waals surface area contributed by atoms with Crippen molar-refractivity contribution in [3.8, 4) is 0 Å². The number of benzene rings is 2. The monoisotopic (exact) mass is 481 g/mol. The summed E-state index contributed by atoms with van der Waals surface area (Å²) in [6, 6.07) is 15.8. The summed E-state index contributed by atoms with van der Waals surface area (Å²) in [6.07, 6.45) is 1.48. The molecule has 0 fully saturated rings. The Bertz CT molecular complexity index is 823. The Morgan fingerprint density at radius 1 is 0.913 bits per heavy atom. The number of hydrogen-bond acceptors (Lipinski definition) is 5. The second-order valence-electron chi connectivity index (χ2n) is 4.75. The number of anilines is 5. The molecule has 0 bridgehead atoms. The first kappa shape index (κ1) is 16.0. The van der Waals surface area contributed by atoms with E-state index in [4.69, 9.17) is 5.73 Å². The van der Waals surface area contributed by atoms with Crippen molar-refractivity contribution in [2.75, 3.05) is 16.4 Å². The molecule has 0 spiro atoms. The standard InChI is InChI=1S/C16H13BrIN5/c17-10-2-1-3-13(8-10)23-16-14(19)15(20-9-21-16)22-12-6-4-11(18)5-7-12/h1-9H,19H2,(H2,20,21,22,23). The third-order valence-corrected chi connectivity index (χ3v) is 4.29. The Hall–Kier alpha value is -1.87. The number of nitrogens with one attached hydrogen (secondary N) is 2. The van der Waals surface area contributed by atoms with Gasteiger partial charge in [-0.25, -0.2) is 9.97 Å². The molecule has 0 amide bonds. The van der Waals surface area contributed by atoms with Crippen LogP contribution in [0.5, 0.6) is 0 Å². The zero-order chi connectivity index (χ0) is 16.2. The summed E-state index contributed by atoms with van der Waals surface area (Å²) in [5.41, 5.74) is 8.46. The number of nitrogens with two attached hydrogens (primary N) is 1. The van der Waals surface area contributed by atoms with Crippen LogP contribution in [-0.2, 0) is 0 Å². The van der Waals surface area contributed by atoms with Gasteiger partial charge in [0.05, 0.1) is 0 Å². The molecule has 0 saturated heterocycles. The summed E-state index contributed by atoms with van der Waals surface area (Å²) in [4.78, 5) is 8.43. The van der Waals surface area contributed by atoms with Crippen LogP contribution < -0.4 is 16.4 Å². The Labute approximate surface area is 156 Å². The Morgan fingerprint density at radius 2 is 1.57 bits per heavy atom. The van der Waals surface area contributed by atoms with Crippen molar-refractivity contribution in [3.05, 3.63) is 62.9 Å². The van der Waals surface area contributed by atoms with E-state index >= 15 is 0 Å². The molecule has 3 aromatic rings. The smallest absolute Gasteiger partial charge is 0.159 e. The maximum Gasteiger partial charge on any atom is 0.159 e. The molecule has 4 N–H and O–H groups in total. The highest BCUT2D eigenvalue weighted by atomic mass is 127. The van der Waals surface area contributed by atoms with Crippen LogP contribution in [0, 0.1) is 3.57 Å². The normalized spacial score (nSPS) is 10.3. The van der Waals surface area contributed by atoms with E-state index in [9.17, 15) is 0 Å². The van der Waals surface area contributed by atoms with Crippen LogP contribution in [-0.4, -0.2) is 9.97 Å². The molecule has 23 heavy (non-hydrogen) atoms. The van der Waals surface area contributed by atoms with Gasteiger partial charge < -0.3 is 16.4 Å². The summed E-state index contributed by atoms with van der Waals surface area (Å²) in [6.45, 7) is 0. The topological polar surface area (TPSA) is 75.9 Å². The second-order valence-corrected chi connectivity index (χ2v) is 6.91. The molecule has 3 rings (SSSR count). The van der Waals surface area contributed by atoms with Gasteiger partial charge in [0.25, 0.3) is 0 Å². The van der Waals surface area contributed by atoms with Gasteiger partial charge in [-0.1, -0.05) is 22.0 Å². The molecule has 0 radical (unpaired) electrons. The van der Waals surface area contributed by atoms with E-state index in [2.05, 4.69) is 59.1 Å². The van der Waals surface area contributed by atoms with Crippen LogP contribution in [0.25, 0.3) is 0 Å². The minimum absolute atomic E-state index is 0.464. The van der Waals surface area contributed by atoms with Crippen molar-refractivity contribution in [2.24, 2.45) is 0 Å². The molecule has 1 aromatic heterocycles. The molecule has 0 aliphatic heterocycles. The molecule has 0 atom stereocenters. The summed E-state index contributed by atoms with van der Waals surface area (Å²) < 4.78 is 2.15. The molecule has 2 aromatic carbocycles.